The Morgan fingerprint density at radius 1 is 1.12 bits per heavy atom. The molecule has 2 heterocycles. The average Bonchev–Trinajstić information content (AvgIpc) is 3.20. The van der Waals surface area contributed by atoms with Crippen molar-refractivity contribution in [1.82, 2.24) is 19.1 Å². The number of imidazole rings is 2. The number of rotatable bonds is 7. The molecule has 0 atom stereocenters. The molecule has 0 aliphatic rings. The molecular formula is C17H18N4O3. The predicted molar refractivity (Wildman–Crippen MR) is 87.8 cm³/mol. The predicted octanol–water partition coefficient (Wildman–Crippen LogP) is 2.22. The number of para-hydroxylation sites is 1. The Kier molecular flexibility index (Phi) is 4.60. The van der Waals surface area contributed by atoms with E-state index < -0.39 is 5.97 Å². The Balaban J connectivity index is 1.82. The fourth-order valence-electron chi connectivity index (χ4n) is 2.51. The zero-order valence-electron chi connectivity index (χ0n) is 13.3. The molecule has 1 aromatic carbocycles. The lowest BCUT2D eigenvalue weighted by Crippen LogP contribution is -2.11. The van der Waals surface area contributed by atoms with E-state index in [9.17, 15) is 4.79 Å². The zero-order valence-corrected chi connectivity index (χ0v) is 13.3. The van der Waals surface area contributed by atoms with Gasteiger partial charge < -0.3 is 19.0 Å². The SMILES string of the molecule is Cc1nccn1CCn1ccnc1-c1ccccc1OCC(=O)O. The zero-order chi connectivity index (χ0) is 16.9. The average molecular weight is 326 g/mol. The Morgan fingerprint density at radius 3 is 2.58 bits per heavy atom. The number of benzene rings is 1. The number of carboxylic acids is 1. The monoisotopic (exact) mass is 326 g/mol. The molecule has 7 nitrogen and oxygen atoms in total. The maximum Gasteiger partial charge on any atom is 0.341 e. The molecule has 3 aromatic rings. The van der Waals surface area contributed by atoms with Crippen LogP contribution in [0.3, 0.4) is 0 Å². The number of ether oxygens (including phenoxy) is 1. The summed E-state index contributed by atoms with van der Waals surface area (Å²) in [4.78, 5) is 19.4. The van der Waals surface area contributed by atoms with Crippen LogP contribution in [-0.4, -0.2) is 36.8 Å². The summed E-state index contributed by atoms with van der Waals surface area (Å²) in [5.41, 5.74) is 0.770. The van der Waals surface area contributed by atoms with E-state index >= 15 is 0 Å². The van der Waals surface area contributed by atoms with Gasteiger partial charge >= 0.3 is 5.97 Å². The van der Waals surface area contributed by atoms with E-state index in [1.807, 2.05) is 42.1 Å². The molecule has 0 aliphatic carbocycles. The summed E-state index contributed by atoms with van der Waals surface area (Å²) in [5.74, 6) is 1.20. The van der Waals surface area contributed by atoms with E-state index in [4.69, 9.17) is 9.84 Å². The van der Waals surface area contributed by atoms with Gasteiger partial charge in [-0.25, -0.2) is 14.8 Å². The van der Waals surface area contributed by atoms with Crippen LogP contribution in [0.4, 0.5) is 0 Å². The van der Waals surface area contributed by atoms with Crippen LogP contribution in [-0.2, 0) is 17.9 Å². The highest BCUT2D eigenvalue weighted by Crippen LogP contribution is 2.28. The third-order valence-electron chi connectivity index (χ3n) is 3.70. The number of aliphatic carboxylic acids is 1. The van der Waals surface area contributed by atoms with Gasteiger partial charge in [0.15, 0.2) is 6.61 Å². The van der Waals surface area contributed by atoms with Crippen LogP contribution in [0.15, 0.2) is 49.1 Å². The van der Waals surface area contributed by atoms with E-state index in [0.29, 0.717) is 5.75 Å². The highest BCUT2D eigenvalue weighted by atomic mass is 16.5. The number of nitrogens with zero attached hydrogens (tertiary/aromatic N) is 4. The Bertz CT molecular complexity index is 838. The molecule has 0 spiro atoms. The summed E-state index contributed by atoms with van der Waals surface area (Å²) in [6.07, 6.45) is 7.34. The topological polar surface area (TPSA) is 82.2 Å². The molecule has 2 aromatic heterocycles. The highest BCUT2D eigenvalue weighted by Gasteiger charge is 2.12. The van der Waals surface area contributed by atoms with Crippen LogP contribution in [0.2, 0.25) is 0 Å². The minimum atomic E-state index is -1.01. The molecule has 3 rings (SSSR count). The van der Waals surface area contributed by atoms with Gasteiger partial charge in [0.1, 0.15) is 17.4 Å². The molecule has 7 heteroatoms. The van der Waals surface area contributed by atoms with Gasteiger partial charge in [-0.05, 0) is 19.1 Å². The van der Waals surface area contributed by atoms with E-state index in [0.717, 1.165) is 30.3 Å². The van der Waals surface area contributed by atoms with E-state index in [1.54, 1.807) is 18.5 Å². The number of carbonyl (C=O) groups is 1. The first-order valence-electron chi connectivity index (χ1n) is 7.58. The van der Waals surface area contributed by atoms with Crippen molar-refractivity contribution in [2.45, 2.75) is 20.0 Å². The molecule has 0 aliphatic heterocycles. The van der Waals surface area contributed by atoms with E-state index in [-0.39, 0.29) is 6.61 Å². The van der Waals surface area contributed by atoms with Gasteiger partial charge in [-0.15, -0.1) is 0 Å². The number of carboxylic acid groups (broad SMARTS) is 1. The number of aryl methyl sites for hydroxylation is 3. The molecule has 0 unspecified atom stereocenters. The van der Waals surface area contributed by atoms with Crippen molar-refractivity contribution in [3.05, 3.63) is 54.9 Å². The first-order valence-corrected chi connectivity index (χ1v) is 7.58. The van der Waals surface area contributed by atoms with Gasteiger partial charge in [0.2, 0.25) is 0 Å². The van der Waals surface area contributed by atoms with Crippen molar-refractivity contribution < 1.29 is 14.6 Å². The first-order chi connectivity index (χ1) is 11.6. The summed E-state index contributed by atoms with van der Waals surface area (Å²) in [5, 5.41) is 8.81. The minimum absolute atomic E-state index is 0.383. The second-order valence-electron chi connectivity index (χ2n) is 5.29. The van der Waals surface area contributed by atoms with Crippen LogP contribution >= 0.6 is 0 Å². The van der Waals surface area contributed by atoms with Crippen LogP contribution in [0.1, 0.15) is 5.82 Å². The van der Waals surface area contributed by atoms with Crippen LogP contribution in [0.25, 0.3) is 11.4 Å². The summed E-state index contributed by atoms with van der Waals surface area (Å²) in [6, 6.07) is 7.31. The standard InChI is InChI=1S/C17H18N4O3/c1-13-18-6-8-20(13)10-11-21-9-7-19-17(21)14-4-2-3-5-15(14)24-12-16(22)23/h2-9H,10-12H2,1H3,(H,22,23). The van der Waals surface area contributed by atoms with E-state index in [2.05, 4.69) is 14.5 Å². The molecule has 0 saturated carbocycles. The molecule has 0 saturated heterocycles. The Labute approximate surface area is 139 Å². The lowest BCUT2D eigenvalue weighted by Gasteiger charge is -2.13. The second kappa shape index (κ2) is 6.99. The van der Waals surface area contributed by atoms with Gasteiger partial charge in [0, 0.05) is 37.9 Å². The molecule has 24 heavy (non-hydrogen) atoms. The molecular weight excluding hydrogens is 308 g/mol. The molecule has 0 radical (unpaired) electrons. The molecule has 0 fully saturated rings. The lowest BCUT2D eigenvalue weighted by molar-refractivity contribution is -0.139. The Hall–Kier alpha value is -3.09. The van der Waals surface area contributed by atoms with Crippen LogP contribution in [0, 0.1) is 6.92 Å². The van der Waals surface area contributed by atoms with Crippen molar-refractivity contribution >= 4 is 5.97 Å². The normalized spacial score (nSPS) is 10.7. The van der Waals surface area contributed by atoms with Gasteiger partial charge in [0.05, 0.1) is 5.56 Å². The highest BCUT2D eigenvalue weighted by molar-refractivity contribution is 5.70. The quantitative estimate of drug-likeness (QED) is 0.720. The van der Waals surface area contributed by atoms with Crippen molar-refractivity contribution in [2.75, 3.05) is 6.61 Å². The molecule has 1 N–H and O–H groups in total. The van der Waals surface area contributed by atoms with Crippen molar-refractivity contribution in [2.24, 2.45) is 0 Å². The van der Waals surface area contributed by atoms with Crippen molar-refractivity contribution in [3.63, 3.8) is 0 Å². The second-order valence-corrected chi connectivity index (χ2v) is 5.29. The fraction of sp³-hybridized carbons (Fsp3) is 0.235. The summed E-state index contributed by atoms with van der Waals surface area (Å²) in [6.45, 7) is 3.07. The fourth-order valence-corrected chi connectivity index (χ4v) is 2.51. The lowest BCUT2D eigenvalue weighted by atomic mass is 10.2. The van der Waals surface area contributed by atoms with Crippen molar-refractivity contribution in [1.29, 1.82) is 0 Å². The molecule has 0 bridgehead atoms. The largest absolute Gasteiger partial charge is 0.481 e. The van der Waals surface area contributed by atoms with Gasteiger partial charge in [-0.3, -0.25) is 0 Å². The summed E-state index contributed by atoms with van der Waals surface area (Å²) in [7, 11) is 0. The third kappa shape index (κ3) is 3.45. The van der Waals surface area contributed by atoms with Gasteiger partial charge in [0.25, 0.3) is 0 Å². The smallest absolute Gasteiger partial charge is 0.341 e. The van der Waals surface area contributed by atoms with Crippen LogP contribution < -0.4 is 4.74 Å². The number of aromatic nitrogens is 4. The maximum absolute atomic E-state index is 10.7. The first kappa shape index (κ1) is 15.8. The third-order valence-corrected chi connectivity index (χ3v) is 3.70. The Morgan fingerprint density at radius 2 is 1.83 bits per heavy atom. The molecule has 124 valence electrons. The summed E-state index contributed by atoms with van der Waals surface area (Å²) < 4.78 is 9.46. The van der Waals surface area contributed by atoms with Gasteiger partial charge in [-0.1, -0.05) is 12.1 Å². The molecule has 0 amide bonds. The summed E-state index contributed by atoms with van der Waals surface area (Å²) >= 11 is 0. The minimum Gasteiger partial charge on any atom is -0.481 e. The maximum atomic E-state index is 10.7. The van der Waals surface area contributed by atoms with E-state index in [1.165, 1.54) is 0 Å². The number of hydrogen-bond donors (Lipinski definition) is 1. The van der Waals surface area contributed by atoms with Crippen LogP contribution in [0.5, 0.6) is 5.75 Å². The number of hydrogen-bond acceptors (Lipinski definition) is 4. The van der Waals surface area contributed by atoms with Gasteiger partial charge in [-0.2, -0.15) is 0 Å². The van der Waals surface area contributed by atoms with Crippen molar-refractivity contribution in [3.8, 4) is 17.1 Å².